The van der Waals surface area contributed by atoms with Crippen LogP contribution in [0.15, 0.2) is 54.9 Å². The Bertz CT molecular complexity index is 1200. The maximum absolute atomic E-state index is 3.19. The van der Waals surface area contributed by atoms with Crippen molar-refractivity contribution in [1.82, 2.24) is 4.98 Å². The van der Waals surface area contributed by atoms with Gasteiger partial charge < -0.3 is 4.98 Å². The van der Waals surface area contributed by atoms with Crippen LogP contribution in [0.2, 0.25) is 38.0 Å². The molecule has 4 atom stereocenters. The Kier molecular flexibility index (Phi) is 0.371. The molecule has 12 rings (SSSR count). The Balaban J connectivity index is 0.000000152. The fourth-order valence-corrected chi connectivity index (χ4v) is 148. The van der Waals surface area contributed by atoms with Gasteiger partial charge in [0.1, 0.15) is 0 Å². The summed E-state index contributed by atoms with van der Waals surface area (Å²) in [5, 5.41) is 0. The standard InChI is InChI=1S/C11H9.C5H5.C4H5N.Ti/c1-2-6-10(7-3-1)11-8-4-5-9-11;2*1-2-4-5-3-1;/h1-9H;2*1-5H;. The number of hydrogen-bond acceptors (Lipinski definition) is 0. The van der Waals surface area contributed by atoms with E-state index in [-0.39, 0.29) is 0 Å². The van der Waals surface area contributed by atoms with Crippen molar-refractivity contribution in [3.63, 3.8) is 0 Å². The van der Waals surface area contributed by atoms with E-state index in [1.165, 1.54) is 38.0 Å². The summed E-state index contributed by atoms with van der Waals surface area (Å²) in [6.07, 6.45) is 3.75. The molecule has 0 bridgehead atoms. The summed E-state index contributed by atoms with van der Waals surface area (Å²) in [7, 11) is -3.19. The predicted molar refractivity (Wildman–Crippen MR) is 82.7 cm³/mol. The van der Waals surface area contributed by atoms with E-state index in [1.807, 2.05) is 30.1 Å². The van der Waals surface area contributed by atoms with E-state index in [2.05, 4.69) is 35.3 Å². The Morgan fingerprint density at radius 2 is 1.23 bits per heavy atom. The van der Waals surface area contributed by atoms with Crippen molar-refractivity contribution in [2.45, 2.75) is 41.7 Å². The molecule has 1 aromatic carbocycles. The first-order chi connectivity index (χ1) is 10.7. The van der Waals surface area contributed by atoms with E-state index < -0.39 is 8.89 Å². The summed E-state index contributed by atoms with van der Waals surface area (Å²) in [6.45, 7) is 0. The molecule has 0 amide bonds. The first-order valence-electron chi connectivity index (χ1n) is 9.83. The average molecular weight is 321 g/mol. The molecule has 0 saturated carbocycles. The number of H-pyrrole nitrogens is 1. The zero-order valence-electron chi connectivity index (χ0n) is 12.4. The van der Waals surface area contributed by atoms with Gasteiger partial charge in [0.25, 0.3) is 0 Å². The maximum atomic E-state index is 2.86. The zero-order valence-corrected chi connectivity index (χ0v) is 14.0. The molecule has 0 radical (unpaired) electrons. The van der Waals surface area contributed by atoms with Gasteiger partial charge >= 0.3 is 86.5 Å². The van der Waals surface area contributed by atoms with Gasteiger partial charge in [-0.15, -0.1) is 0 Å². The zero-order chi connectivity index (χ0) is 13.7. The molecule has 10 aliphatic rings. The van der Waals surface area contributed by atoms with E-state index in [4.69, 9.17) is 0 Å². The summed E-state index contributed by atoms with van der Waals surface area (Å²) < 4.78 is 14.4. The van der Waals surface area contributed by atoms with Gasteiger partial charge in [-0.3, -0.25) is 0 Å². The molecular weight excluding hydrogens is 302 g/mol. The third-order valence-corrected chi connectivity index (χ3v) is 81.9. The van der Waals surface area contributed by atoms with Gasteiger partial charge in [0.15, 0.2) is 0 Å². The number of aromatic nitrogens is 1. The number of fused-ring (bicyclic) bond motifs is 10. The molecule has 108 valence electrons. The van der Waals surface area contributed by atoms with Crippen molar-refractivity contribution in [1.29, 1.82) is 0 Å². The molecule has 10 fully saturated rings. The Labute approximate surface area is 116 Å². The summed E-state index contributed by atoms with van der Waals surface area (Å²) in [5.74, 6) is 0. The quantitative estimate of drug-likeness (QED) is 0.668. The number of hydrogen-bond donors (Lipinski definition) is 1. The summed E-state index contributed by atoms with van der Waals surface area (Å²) in [4.78, 5) is 2.86. The molecule has 1 N–H and O–H groups in total. The fraction of sp³-hybridized carbons (Fsp3) is 0.500. The Morgan fingerprint density at radius 3 is 1.55 bits per heavy atom. The molecule has 1 spiro atoms. The molecule has 1 nitrogen and oxygen atoms in total. The van der Waals surface area contributed by atoms with E-state index in [1.54, 1.807) is 0 Å². The van der Waals surface area contributed by atoms with Crippen LogP contribution in [-0.4, -0.2) is 4.98 Å². The van der Waals surface area contributed by atoms with E-state index >= 15 is 0 Å². The first-order valence-corrected chi connectivity index (χ1v) is 18.7. The topological polar surface area (TPSA) is 15.8 Å². The fourth-order valence-electron chi connectivity index (χ4n) is 25.7. The first kappa shape index (κ1) is 8.90. The van der Waals surface area contributed by atoms with E-state index in [0.717, 1.165) is 3.72 Å². The predicted octanol–water partition coefficient (Wildman–Crippen LogP) is 5.50. The van der Waals surface area contributed by atoms with Gasteiger partial charge in [0, 0.05) is 12.4 Å². The van der Waals surface area contributed by atoms with Crippen molar-refractivity contribution in [3.8, 4) is 0 Å². The van der Waals surface area contributed by atoms with Gasteiger partial charge in [0.05, 0.1) is 0 Å². The number of nitrogens with one attached hydrogen (secondary N) is 1. The van der Waals surface area contributed by atoms with Crippen LogP contribution in [-0.2, 0) is 12.6 Å². The molecule has 22 heavy (non-hydrogen) atoms. The SMILES string of the molecule is c1cc[nH]c1.c1ccc([C]23[CH]4[CH]5[CH]6[CH]2[Ti]56432789[CH]3[CH]2[CH]7[CH]8[CH]39)cc1. The van der Waals surface area contributed by atoms with Crippen LogP contribution in [0.1, 0.15) is 5.56 Å². The van der Waals surface area contributed by atoms with Gasteiger partial charge in [-0.05, 0) is 12.1 Å². The molecule has 2 heteroatoms. The van der Waals surface area contributed by atoms with Crippen LogP contribution >= 0.6 is 0 Å². The Morgan fingerprint density at radius 1 is 0.682 bits per heavy atom. The molecule has 10 saturated heterocycles. The van der Waals surface area contributed by atoms with Gasteiger partial charge in [0.2, 0.25) is 0 Å². The summed E-state index contributed by atoms with van der Waals surface area (Å²) >= 11 is 0. The normalized spacial score (nSPS) is 93.7. The van der Waals surface area contributed by atoms with Crippen LogP contribution < -0.4 is 0 Å². The minimum atomic E-state index is -3.19. The Hall–Kier alpha value is -0.786. The number of aromatic amines is 1. The average Bonchev–Trinajstić information content (AvgIpc) is 3.46. The van der Waals surface area contributed by atoms with Crippen LogP contribution in [0.5, 0.6) is 0 Å². The third kappa shape index (κ3) is 0.119. The van der Waals surface area contributed by atoms with Crippen molar-refractivity contribution in [2.24, 2.45) is 0 Å². The van der Waals surface area contributed by atoms with Gasteiger partial charge in [-0.1, -0.05) is 0 Å². The summed E-state index contributed by atoms with van der Waals surface area (Å²) in [5.41, 5.74) is 1.89. The van der Waals surface area contributed by atoms with Crippen LogP contribution in [0.25, 0.3) is 0 Å². The van der Waals surface area contributed by atoms with E-state index in [9.17, 15) is 0 Å². The monoisotopic (exact) mass is 321 g/mol. The second-order valence-electron chi connectivity index (χ2n) is 15.1. The molecule has 4 unspecified atom stereocenters. The molecule has 11 heterocycles. The van der Waals surface area contributed by atoms with Crippen molar-refractivity contribution < 1.29 is 8.89 Å². The second kappa shape index (κ2) is 0.917. The van der Waals surface area contributed by atoms with Crippen LogP contribution in [0.3, 0.4) is 0 Å². The second-order valence-corrected chi connectivity index (χ2v) is 48.4. The molecule has 1 aromatic heterocycles. The molecule has 0 aliphatic carbocycles. The van der Waals surface area contributed by atoms with Crippen molar-refractivity contribution >= 4 is 0 Å². The molecule has 10 aliphatic heterocycles. The van der Waals surface area contributed by atoms with Gasteiger partial charge in [-0.2, -0.15) is 0 Å². The van der Waals surface area contributed by atoms with Crippen molar-refractivity contribution in [2.75, 3.05) is 0 Å². The molecular formula is C20H19NTi. The van der Waals surface area contributed by atoms with Gasteiger partial charge in [-0.25, -0.2) is 0 Å². The van der Waals surface area contributed by atoms with Crippen LogP contribution in [0.4, 0.5) is 0 Å². The van der Waals surface area contributed by atoms with Crippen molar-refractivity contribution in [3.05, 3.63) is 60.4 Å². The van der Waals surface area contributed by atoms with Crippen LogP contribution in [0, 0.1) is 0 Å². The minimum absolute atomic E-state index is 1.01. The summed E-state index contributed by atoms with van der Waals surface area (Å²) in [6, 6.07) is 15.9. The molecule has 2 aromatic rings. The third-order valence-electron chi connectivity index (χ3n) is 22.0. The number of rotatable bonds is 1. The van der Waals surface area contributed by atoms with E-state index in [0.29, 0.717) is 0 Å². The number of benzene rings is 1.